The zero-order chi connectivity index (χ0) is 12.6. The molecule has 1 aromatic heterocycles. The Hall–Kier alpha value is -1.58. The van der Waals surface area contributed by atoms with Gasteiger partial charge < -0.3 is 9.30 Å². The van der Waals surface area contributed by atoms with Crippen LogP contribution in [0.1, 0.15) is 57.9 Å². The Morgan fingerprint density at radius 2 is 2.06 bits per heavy atom. The van der Waals surface area contributed by atoms with Crippen molar-refractivity contribution in [2.45, 2.75) is 39.7 Å². The van der Waals surface area contributed by atoms with Gasteiger partial charge in [0, 0.05) is 23.0 Å². The van der Waals surface area contributed by atoms with Crippen molar-refractivity contribution in [1.82, 2.24) is 4.57 Å². The van der Waals surface area contributed by atoms with Crippen molar-refractivity contribution in [1.29, 1.82) is 0 Å². The van der Waals surface area contributed by atoms with Crippen molar-refractivity contribution in [2.75, 3.05) is 6.61 Å². The number of ether oxygens (including phenoxy) is 1. The summed E-state index contributed by atoms with van der Waals surface area (Å²) in [5.74, 6) is -0.394. The molecule has 2 rings (SSSR count). The molecule has 0 aromatic carbocycles. The van der Waals surface area contributed by atoms with Crippen molar-refractivity contribution < 1.29 is 14.3 Å². The Labute approximate surface area is 101 Å². The van der Waals surface area contributed by atoms with Crippen LogP contribution in [0.15, 0.2) is 0 Å². The summed E-state index contributed by atoms with van der Waals surface area (Å²) in [6, 6.07) is 0.455. The molecule has 1 aromatic rings. The molecule has 1 fully saturated rings. The third-order valence-electron chi connectivity index (χ3n) is 3.25. The molecule has 0 N–H and O–H groups in total. The van der Waals surface area contributed by atoms with Gasteiger partial charge in [-0.2, -0.15) is 0 Å². The number of esters is 1. The molecule has 0 saturated heterocycles. The van der Waals surface area contributed by atoms with Crippen molar-refractivity contribution in [2.24, 2.45) is 0 Å². The fourth-order valence-electron chi connectivity index (χ4n) is 2.36. The lowest BCUT2D eigenvalue weighted by atomic mass is 10.1. The molecule has 17 heavy (non-hydrogen) atoms. The molecule has 4 nitrogen and oxygen atoms in total. The molecule has 0 radical (unpaired) electrons. The lowest BCUT2D eigenvalue weighted by Crippen LogP contribution is -2.08. The molecule has 0 spiro atoms. The Kier molecular flexibility index (Phi) is 3.05. The van der Waals surface area contributed by atoms with E-state index in [0.717, 1.165) is 30.5 Å². The molecule has 1 aliphatic carbocycles. The number of hydrogen-bond acceptors (Lipinski definition) is 3. The Morgan fingerprint density at radius 3 is 2.53 bits per heavy atom. The first kappa shape index (κ1) is 11.9. The van der Waals surface area contributed by atoms with Gasteiger partial charge in [0.15, 0.2) is 6.29 Å². The topological polar surface area (TPSA) is 48.3 Å². The van der Waals surface area contributed by atoms with E-state index in [4.69, 9.17) is 4.74 Å². The summed E-state index contributed by atoms with van der Waals surface area (Å²) < 4.78 is 7.10. The number of carbonyl (C=O) groups excluding carboxylic acids is 2. The molecule has 0 atom stereocenters. The molecule has 0 aliphatic heterocycles. The number of hydrogen-bond donors (Lipinski definition) is 0. The van der Waals surface area contributed by atoms with Crippen LogP contribution >= 0.6 is 0 Å². The summed E-state index contributed by atoms with van der Waals surface area (Å²) in [6.07, 6.45) is 3.00. The van der Waals surface area contributed by atoms with Crippen LogP contribution in [-0.4, -0.2) is 23.4 Å². The van der Waals surface area contributed by atoms with E-state index in [1.54, 1.807) is 6.92 Å². The van der Waals surface area contributed by atoms with Crippen LogP contribution in [0, 0.1) is 13.8 Å². The lowest BCUT2D eigenvalue weighted by molar-refractivity contribution is 0.0523. The number of rotatable bonds is 4. The second kappa shape index (κ2) is 4.35. The molecule has 1 heterocycles. The van der Waals surface area contributed by atoms with Crippen molar-refractivity contribution in [3.63, 3.8) is 0 Å². The Morgan fingerprint density at radius 1 is 1.41 bits per heavy atom. The Balaban J connectivity index is 2.53. The van der Waals surface area contributed by atoms with E-state index in [9.17, 15) is 9.59 Å². The molecule has 1 aliphatic rings. The Bertz CT molecular complexity index is 469. The monoisotopic (exact) mass is 235 g/mol. The average molecular weight is 235 g/mol. The summed E-state index contributed by atoms with van der Waals surface area (Å²) in [7, 11) is 0. The first-order valence-electron chi connectivity index (χ1n) is 5.95. The quantitative estimate of drug-likeness (QED) is 0.595. The van der Waals surface area contributed by atoms with E-state index in [-0.39, 0.29) is 0 Å². The molecular formula is C13H17NO3. The summed E-state index contributed by atoms with van der Waals surface area (Å²) in [4.78, 5) is 23.0. The van der Waals surface area contributed by atoms with E-state index >= 15 is 0 Å². The van der Waals surface area contributed by atoms with Crippen molar-refractivity contribution >= 4 is 12.3 Å². The van der Waals surface area contributed by atoms with E-state index in [2.05, 4.69) is 4.57 Å². The van der Waals surface area contributed by atoms with Gasteiger partial charge in [-0.25, -0.2) is 4.79 Å². The average Bonchev–Trinajstić information content (AvgIpc) is 3.06. The maximum atomic E-state index is 11.9. The summed E-state index contributed by atoms with van der Waals surface area (Å²) >= 11 is 0. The highest BCUT2D eigenvalue weighted by molar-refractivity contribution is 6.00. The smallest absolute Gasteiger partial charge is 0.340 e. The van der Waals surface area contributed by atoms with Crippen LogP contribution in [0.2, 0.25) is 0 Å². The van der Waals surface area contributed by atoms with Crippen LogP contribution in [0.3, 0.4) is 0 Å². The maximum Gasteiger partial charge on any atom is 0.340 e. The minimum Gasteiger partial charge on any atom is -0.462 e. The third kappa shape index (κ3) is 1.88. The van der Waals surface area contributed by atoms with E-state index < -0.39 is 5.97 Å². The molecule has 92 valence electrons. The predicted octanol–water partition coefficient (Wildman–Crippen LogP) is 2.43. The van der Waals surface area contributed by atoms with Gasteiger partial charge in [-0.1, -0.05) is 0 Å². The van der Waals surface area contributed by atoms with E-state index in [1.165, 1.54) is 0 Å². The molecule has 0 amide bonds. The van der Waals surface area contributed by atoms with Crippen LogP contribution in [0.5, 0.6) is 0 Å². The maximum absolute atomic E-state index is 11.9. The largest absolute Gasteiger partial charge is 0.462 e. The molecular weight excluding hydrogens is 218 g/mol. The summed E-state index contributed by atoms with van der Waals surface area (Å²) in [6.45, 7) is 5.85. The molecule has 4 heteroatoms. The van der Waals surface area contributed by atoms with Crippen LogP contribution in [0.25, 0.3) is 0 Å². The number of aldehydes is 1. The van der Waals surface area contributed by atoms with Gasteiger partial charge in [-0.05, 0) is 33.6 Å². The molecule has 0 unspecified atom stereocenters. The highest BCUT2D eigenvalue weighted by Gasteiger charge is 2.31. The second-order valence-electron chi connectivity index (χ2n) is 4.40. The van der Waals surface area contributed by atoms with Crippen LogP contribution in [0.4, 0.5) is 0 Å². The van der Waals surface area contributed by atoms with Crippen molar-refractivity contribution in [3.05, 3.63) is 22.5 Å². The summed E-state index contributed by atoms with van der Waals surface area (Å²) in [5.41, 5.74) is 2.65. The van der Waals surface area contributed by atoms with Gasteiger partial charge in [0.2, 0.25) is 0 Å². The number of aromatic nitrogens is 1. The highest BCUT2D eigenvalue weighted by atomic mass is 16.5. The van der Waals surface area contributed by atoms with E-state index in [1.807, 2.05) is 13.8 Å². The van der Waals surface area contributed by atoms with Gasteiger partial charge in [0.05, 0.1) is 12.2 Å². The third-order valence-corrected chi connectivity index (χ3v) is 3.25. The fourth-order valence-corrected chi connectivity index (χ4v) is 2.36. The molecule has 0 bridgehead atoms. The SMILES string of the molecule is CCOC(=O)c1c(C=O)c(C)n(C2CC2)c1C. The standard InChI is InChI=1S/C13H17NO3/c1-4-17-13(16)12-9(3)14(10-5-6-10)8(2)11(12)7-15/h7,10H,4-6H2,1-3H3. The van der Waals surface area contributed by atoms with Gasteiger partial charge in [-0.3, -0.25) is 4.79 Å². The van der Waals surface area contributed by atoms with Gasteiger partial charge >= 0.3 is 5.97 Å². The lowest BCUT2D eigenvalue weighted by Gasteiger charge is -2.07. The predicted molar refractivity (Wildman–Crippen MR) is 63.5 cm³/mol. The first-order valence-corrected chi connectivity index (χ1v) is 5.95. The summed E-state index contributed by atoms with van der Waals surface area (Å²) in [5, 5.41) is 0. The molecule has 1 saturated carbocycles. The van der Waals surface area contributed by atoms with Gasteiger partial charge in [0.25, 0.3) is 0 Å². The first-order chi connectivity index (χ1) is 8.11. The normalized spacial score (nSPS) is 14.8. The minimum absolute atomic E-state index is 0.324. The number of carbonyl (C=O) groups is 2. The van der Waals surface area contributed by atoms with E-state index in [0.29, 0.717) is 23.8 Å². The zero-order valence-electron chi connectivity index (χ0n) is 10.4. The minimum atomic E-state index is -0.394. The number of nitrogens with zero attached hydrogens (tertiary/aromatic N) is 1. The van der Waals surface area contributed by atoms with Crippen LogP contribution in [-0.2, 0) is 4.74 Å². The van der Waals surface area contributed by atoms with Gasteiger partial charge in [0.1, 0.15) is 0 Å². The van der Waals surface area contributed by atoms with Gasteiger partial charge in [-0.15, -0.1) is 0 Å². The van der Waals surface area contributed by atoms with Crippen molar-refractivity contribution in [3.8, 4) is 0 Å². The fraction of sp³-hybridized carbons (Fsp3) is 0.538. The highest BCUT2D eigenvalue weighted by Crippen LogP contribution is 2.39. The second-order valence-corrected chi connectivity index (χ2v) is 4.40. The van der Waals surface area contributed by atoms with Crippen LogP contribution < -0.4 is 0 Å². The zero-order valence-corrected chi connectivity index (χ0v) is 10.4.